The van der Waals surface area contributed by atoms with Crippen molar-refractivity contribution < 1.29 is 24.2 Å². The summed E-state index contributed by atoms with van der Waals surface area (Å²) in [5.41, 5.74) is 7.76. The molecular weight excluding hydrogens is 460 g/mol. The van der Waals surface area contributed by atoms with Crippen molar-refractivity contribution in [2.75, 3.05) is 13.7 Å². The van der Waals surface area contributed by atoms with Gasteiger partial charge in [-0.25, -0.2) is 4.99 Å². The normalized spacial score (nSPS) is 28.2. The highest BCUT2D eigenvalue weighted by Gasteiger charge is 2.52. The van der Waals surface area contributed by atoms with Crippen LogP contribution < -0.4 is 15.8 Å². The molecule has 0 saturated heterocycles. The zero-order chi connectivity index (χ0) is 25.8. The highest BCUT2D eigenvalue weighted by Crippen LogP contribution is 2.48. The summed E-state index contributed by atoms with van der Waals surface area (Å²) in [4.78, 5) is 32.6. The predicted octanol–water partition coefficient (Wildman–Crippen LogP) is 2.24. The second-order valence-corrected chi connectivity index (χ2v) is 10.6. The van der Waals surface area contributed by atoms with Gasteiger partial charge in [0, 0.05) is 24.7 Å². The zero-order valence-electron chi connectivity index (χ0n) is 20.9. The Kier molecular flexibility index (Phi) is 5.80. The van der Waals surface area contributed by atoms with Crippen molar-refractivity contribution in [3.8, 4) is 5.75 Å². The monoisotopic (exact) mass is 492 g/mol. The van der Waals surface area contributed by atoms with Crippen molar-refractivity contribution in [3.05, 3.63) is 64.7 Å². The number of methoxy groups -OCH3 is 1. The number of carbonyl (C=O) groups is 2. The molecule has 2 aromatic rings. The lowest BCUT2D eigenvalue weighted by molar-refractivity contribution is -0.135. The summed E-state index contributed by atoms with van der Waals surface area (Å²) < 4.78 is 11.7. The molecule has 0 fully saturated rings. The molecule has 0 bridgehead atoms. The maximum absolute atomic E-state index is 13.3. The number of aliphatic hydroxyl groups is 1. The fourth-order valence-corrected chi connectivity index (χ4v) is 5.67. The molecule has 4 atom stereocenters. The summed E-state index contributed by atoms with van der Waals surface area (Å²) in [5.74, 6) is 0.163. The third-order valence-corrected chi connectivity index (χ3v) is 7.18. The molecule has 1 aliphatic carbocycles. The molecule has 3 aliphatic rings. The number of guanidine groups is 1. The van der Waals surface area contributed by atoms with E-state index in [1.807, 2.05) is 45.0 Å². The average Bonchev–Trinajstić information content (AvgIpc) is 3.25. The Balaban J connectivity index is 1.50. The Morgan fingerprint density at radius 1 is 1.25 bits per heavy atom. The Morgan fingerprint density at radius 2 is 2.00 bits per heavy atom. The van der Waals surface area contributed by atoms with E-state index in [1.165, 1.54) is 4.90 Å². The lowest BCUT2D eigenvalue weighted by Crippen LogP contribution is -2.57. The Labute approximate surface area is 210 Å². The van der Waals surface area contributed by atoms with Gasteiger partial charge in [0.15, 0.2) is 11.6 Å². The molecule has 5 rings (SSSR count). The van der Waals surface area contributed by atoms with Crippen LogP contribution in [0.3, 0.4) is 0 Å². The van der Waals surface area contributed by atoms with Crippen molar-refractivity contribution in [2.24, 2.45) is 10.7 Å². The highest BCUT2D eigenvalue weighted by atomic mass is 16.5. The lowest BCUT2D eigenvalue weighted by atomic mass is 9.89. The van der Waals surface area contributed by atoms with Crippen LogP contribution in [0.5, 0.6) is 5.75 Å². The second-order valence-electron chi connectivity index (χ2n) is 10.6. The number of nitrogens with one attached hydrogen (secondary N) is 1. The fourth-order valence-electron chi connectivity index (χ4n) is 5.67. The topological polar surface area (TPSA) is 126 Å². The van der Waals surface area contributed by atoms with E-state index in [4.69, 9.17) is 15.2 Å². The van der Waals surface area contributed by atoms with Crippen molar-refractivity contribution in [1.29, 1.82) is 0 Å². The van der Waals surface area contributed by atoms with Crippen LogP contribution in [0.2, 0.25) is 0 Å². The van der Waals surface area contributed by atoms with E-state index in [-0.39, 0.29) is 30.8 Å². The third-order valence-electron chi connectivity index (χ3n) is 7.18. The van der Waals surface area contributed by atoms with E-state index in [1.54, 1.807) is 25.3 Å². The Morgan fingerprint density at radius 3 is 2.72 bits per heavy atom. The molecule has 0 radical (unpaired) electrons. The van der Waals surface area contributed by atoms with Crippen LogP contribution in [0.4, 0.5) is 0 Å². The van der Waals surface area contributed by atoms with Gasteiger partial charge in [-0.2, -0.15) is 0 Å². The molecule has 2 aromatic carbocycles. The smallest absolute Gasteiger partial charge is 0.251 e. The molecule has 2 unspecified atom stereocenters. The number of nitrogens with two attached hydrogens (primary N) is 1. The minimum absolute atomic E-state index is 0.112. The lowest BCUT2D eigenvalue weighted by Gasteiger charge is -2.41. The first-order valence-electron chi connectivity index (χ1n) is 12.1. The van der Waals surface area contributed by atoms with Gasteiger partial charge in [-0.05, 0) is 50.1 Å². The van der Waals surface area contributed by atoms with Crippen LogP contribution in [0.15, 0.2) is 47.5 Å². The van der Waals surface area contributed by atoms with E-state index in [2.05, 4.69) is 10.3 Å². The van der Waals surface area contributed by atoms with E-state index >= 15 is 0 Å². The van der Waals surface area contributed by atoms with E-state index in [0.29, 0.717) is 23.3 Å². The number of aliphatic hydroxyl groups excluding tert-OH is 1. The molecule has 0 aromatic heterocycles. The number of benzene rings is 2. The van der Waals surface area contributed by atoms with Crippen LogP contribution in [0, 0.1) is 0 Å². The largest absolute Gasteiger partial charge is 0.482 e. The number of hydrogen-bond donors (Lipinski definition) is 3. The van der Waals surface area contributed by atoms with Gasteiger partial charge in [0.25, 0.3) is 5.91 Å². The zero-order valence-corrected chi connectivity index (χ0v) is 20.9. The first-order valence-corrected chi connectivity index (χ1v) is 12.1. The standard InChI is InChI=1S/C27H32N4O5/c1-26(2)13-21(33)31(25(28)30-26)23-18-11-16(9-10-20(18)36-27(23,3)14-35-4)24(34)29-22-17-8-6-5-7-15(17)12-19(22)32/h5-11,19,22-23,32H,12-14H2,1-4H3,(H2,28,30)(H,29,34)/t19-,22-,23?,27?/m1/s1. The number of hydrogen-bond acceptors (Lipinski definition) is 7. The predicted molar refractivity (Wildman–Crippen MR) is 134 cm³/mol. The van der Waals surface area contributed by atoms with Crippen molar-refractivity contribution >= 4 is 17.8 Å². The molecule has 190 valence electrons. The van der Waals surface area contributed by atoms with Crippen LogP contribution in [-0.2, 0) is 16.0 Å². The van der Waals surface area contributed by atoms with Crippen LogP contribution in [0.1, 0.15) is 66.3 Å². The average molecular weight is 493 g/mol. The van der Waals surface area contributed by atoms with Crippen molar-refractivity contribution in [3.63, 3.8) is 0 Å². The van der Waals surface area contributed by atoms with Crippen molar-refractivity contribution in [2.45, 2.75) is 62.9 Å². The van der Waals surface area contributed by atoms with Gasteiger partial charge in [-0.3, -0.25) is 14.5 Å². The van der Waals surface area contributed by atoms with Crippen LogP contribution in [-0.4, -0.2) is 58.7 Å². The SMILES string of the molecule is COCC1(C)Oc2ccc(C(=O)N[C@@H]3c4ccccc4C[C@H]3O)cc2C1N1C(=O)CC(C)(C)N=C1N. The number of rotatable bonds is 5. The summed E-state index contributed by atoms with van der Waals surface area (Å²) in [5, 5.41) is 13.6. The molecule has 36 heavy (non-hydrogen) atoms. The highest BCUT2D eigenvalue weighted by molar-refractivity contribution is 6.00. The summed E-state index contributed by atoms with van der Waals surface area (Å²) in [7, 11) is 1.57. The number of ether oxygens (including phenoxy) is 2. The maximum atomic E-state index is 13.3. The number of fused-ring (bicyclic) bond motifs is 2. The van der Waals surface area contributed by atoms with Gasteiger partial charge >= 0.3 is 0 Å². The van der Waals surface area contributed by atoms with Gasteiger partial charge in [-0.15, -0.1) is 0 Å². The number of carbonyl (C=O) groups excluding carboxylic acids is 2. The van der Waals surface area contributed by atoms with Gasteiger partial charge in [-0.1, -0.05) is 24.3 Å². The minimum atomic E-state index is -0.940. The summed E-state index contributed by atoms with van der Waals surface area (Å²) in [6.45, 7) is 5.77. The first kappa shape index (κ1) is 24.3. The molecule has 0 saturated carbocycles. The molecule has 2 amide bonds. The summed E-state index contributed by atoms with van der Waals surface area (Å²) in [6, 6.07) is 11.7. The molecule has 9 heteroatoms. The van der Waals surface area contributed by atoms with Crippen molar-refractivity contribution in [1.82, 2.24) is 10.2 Å². The number of amides is 2. The van der Waals surface area contributed by atoms with E-state index in [9.17, 15) is 14.7 Å². The molecule has 9 nitrogen and oxygen atoms in total. The Hall–Kier alpha value is -3.43. The van der Waals surface area contributed by atoms with Gasteiger partial charge in [0.1, 0.15) is 11.8 Å². The fraction of sp³-hybridized carbons (Fsp3) is 0.444. The number of nitrogens with zero attached hydrogens (tertiary/aromatic N) is 2. The third kappa shape index (κ3) is 4.02. The summed E-state index contributed by atoms with van der Waals surface area (Å²) in [6.07, 6.45) is -0.0168. The molecule has 0 spiro atoms. The van der Waals surface area contributed by atoms with Gasteiger partial charge in [0.05, 0.1) is 30.7 Å². The maximum Gasteiger partial charge on any atom is 0.251 e. The minimum Gasteiger partial charge on any atom is -0.482 e. The molecule has 4 N–H and O–H groups in total. The quantitative estimate of drug-likeness (QED) is 0.588. The van der Waals surface area contributed by atoms with Crippen LogP contribution in [0.25, 0.3) is 0 Å². The second kappa shape index (κ2) is 8.60. The van der Waals surface area contributed by atoms with Gasteiger partial charge in [0.2, 0.25) is 5.91 Å². The molecule has 2 heterocycles. The summed E-state index contributed by atoms with van der Waals surface area (Å²) >= 11 is 0. The Bertz CT molecular complexity index is 1260. The number of aliphatic imine (C=N–C) groups is 1. The van der Waals surface area contributed by atoms with Crippen LogP contribution >= 0.6 is 0 Å². The van der Waals surface area contributed by atoms with Gasteiger partial charge < -0.3 is 25.6 Å². The first-order chi connectivity index (χ1) is 17.0. The molecular formula is C27H32N4O5. The molecule has 2 aliphatic heterocycles. The van der Waals surface area contributed by atoms with E-state index in [0.717, 1.165) is 11.1 Å². The van der Waals surface area contributed by atoms with E-state index < -0.39 is 29.3 Å².